The van der Waals surface area contributed by atoms with Crippen molar-refractivity contribution in [1.82, 2.24) is 14.1 Å². The van der Waals surface area contributed by atoms with Gasteiger partial charge >= 0.3 is 0 Å². The van der Waals surface area contributed by atoms with Crippen LogP contribution < -0.4 is 5.32 Å². The highest BCUT2D eigenvalue weighted by Crippen LogP contribution is 2.47. The Bertz CT molecular complexity index is 1480. The van der Waals surface area contributed by atoms with Gasteiger partial charge in [0, 0.05) is 43.6 Å². The van der Waals surface area contributed by atoms with Crippen LogP contribution >= 0.6 is 0 Å². The van der Waals surface area contributed by atoms with Crippen molar-refractivity contribution in [3.63, 3.8) is 0 Å². The molecule has 3 aromatic rings. The molecule has 1 aromatic heterocycles. The van der Waals surface area contributed by atoms with Crippen LogP contribution in [-0.2, 0) is 21.2 Å². The lowest BCUT2D eigenvalue weighted by atomic mass is 9.80. The summed E-state index contributed by atoms with van der Waals surface area (Å²) in [6.07, 6.45) is 4.29. The number of sulfonamides is 1. The Balaban J connectivity index is 1.39. The predicted molar refractivity (Wildman–Crippen MR) is 142 cm³/mol. The Morgan fingerprint density at radius 3 is 2.55 bits per heavy atom. The standard InChI is InChI=1S/C28H31FN4O4S/c1-18-26-16-30-33(24-9-5-22(29)6-10-24)27(26)15-20-3-4-21(28(18)20)17-32(13-14-34)38(36,37)25-11-7-23(8-12-25)31-19(2)35/h5-12,16,18,21,34H,3-4,13-15,17H2,1-2H3,(H,31,35)/t18-,21-/m0/s1. The minimum absolute atomic E-state index is 0.00295. The Kier molecular flexibility index (Phi) is 7.21. The molecule has 2 aromatic carbocycles. The van der Waals surface area contributed by atoms with Crippen molar-refractivity contribution < 1.29 is 22.7 Å². The van der Waals surface area contributed by atoms with Gasteiger partial charge in [-0.15, -0.1) is 0 Å². The van der Waals surface area contributed by atoms with Gasteiger partial charge in [-0.3, -0.25) is 4.79 Å². The molecule has 0 fully saturated rings. The Morgan fingerprint density at radius 2 is 1.89 bits per heavy atom. The second-order valence-corrected chi connectivity index (χ2v) is 11.9. The van der Waals surface area contributed by atoms with E-state index in [1.165, 1.54) is 46.6 Å². The fourth-order valence-electron chi connectivity index (χ4n) is 5.81. The van der Waals surface area contributed by atoms with Crippen molar-refractivity contribution in [2.75, 3.05) is 25.0 Å². The van der Waals surface area contributed by atoms with Gasteiger partial charge in [0.1, 0.15) is 5.82 Å². The molecule has 0 bridgehead atoms. The third-order valence-corrected chi connectivity index (χ3v) is 9.39. The monoisotopic (exact) mass is 538 g/mol. The molecule has 0 spiro atoms. The average molecular weight is 539 g/mol. The SMILES string of the molecule is CC(=O)Nc1ccc(S(=O)(=O)N(CCO)C[C@@H]2CCC3=C2[C@@H](C)c2cnn(-c4ccc(F)cc4)c2C3)cc1. The largest absolute Gasteiger partial charge is 0.395 e. The molecule has 2 aliphatic rings. The van der Waals surface area contributed by atoms with Crippen LogP contribution in [0.15, 0.2) is 70.8 Å². The molecule has 0 radical (unpaired) electrons. The second kappa shape index (κ2) is 10.4. The van der Waals surface area contributed by atoms with E-state index < -0.39 is 10.0 Å². The zero-order valence-corrected chi connectivity index (χ0v) is 22.2. The van der Waals surface area contributed by atoms with Gasteiger partial charge in [0.25, 0.3) is 0 Å². The summed E-state index contributed by atoms with van der Waals surface area (Å²) in [7, 11) is -3.86. The van der Waals surface area contributed by atoms with Gasteiger partial charge in [-0.05, 0) is 67.3 Å². The van der Waals surface area contributed by atoms with Crippen LogP contribution in [0, 0.1) is 11.7 Å². The van der Waals surface area contributed by atoms with Gasteiger partial charge in [-0.2, -0.15) is 9.40 Å². The zero-order chi connectivity index (χ0) is 27.0. The van der Waals surface area contributed by atoms with Gasteiger partial charge in [0.05, 0.1) is 29.1 Å². The van der Waals surface area contributed by atoms with Crippen LogP contribution in [-0.4, -0.2) is 53.2 Å². The number of amides is 1. The number of carbonyl (C=O) groups excluding carboxylic acids is 1. The number of allylic oxidation sites excluding steroid dienone is 1. The van der Waals surface area contributed by atoms with Gasteiger partial charge in [-0.1, -0.05) is 18.1 Å². The molecule has 1 amide bonds. The van der Waals surface area contributed by atoms with Crippen LogP contribution in [0.2, 0.25) is 0 Å². The number of fused-ring (bicyclic) bond motifs is 1. The molecule has 2 aliphatic carbocycles. The maximum Gasteiger partial charge on any atom is 0.243 e. The topological polar surface area (TPSA) is 105 Å². The predicted octanol–water partition coefficient (Wildman–Crippen LogP) is 4.02. The van der Waals surface area contributed by atoms with Crippen LogP contribution in [0.1, 0.15) is 43.9 Å². The van der Waals surface area contributed by atoms with Gasteiger partial charge in [0.15, 0.2) is 0 Å². The van der Waals surface area contributed by atoms with Crippen molar-refractivity contribution in [2.45, 2.75) is 43.9 Å². The number of nitrogens with one attached hydrogen (secondary N) is 1. The number of aliphatic hydroxyl groups excluding tert-OH is 1. The number of hydrogen-bond donors (Lipinski definition) is 2. The van der Waals surface area contributed by atoms with E-state index in [2.05, 4.69) is 17.3 Å². The molecule has 10 heteroatoms. The number of aromatic nitrogens is 2. The maximum atomic E-state index is 13.5. The molecule has 0 unspecified atom stereocenters. The maximum absolute atomic E-state index is 13.5. The summed E-state index contributed by atoms with van der Waals surface area (Å²) < 4.78 is 43.8. The van der Waals surface area contributed by atoms with E-state index >= 15 is 0 Å². The number of anilines is 1. The van der Waals surface area contributed by atoms with Crippen molar-refractivity contribution in [2.24, 2.45) is 5.92 Å². The lowest BCUT2D eigenvalue weighted by Gasteiger charge is -2.30. The van der Waals surface area contributed by atoms with Gasteiger partial charge < -0.3 is 10.4 Å². The Hall–Kier alpha value is -3.34. The summed E-state index contributed by atoms with van der Waals surface area (Å²) in [6.45, 7) is 3.51. The highest BCUT2D eigenvalue weighted by molar-refractivity contribution is 7.89. The molecular formula is C28H31FN4O4S. The number of aliphatic hydroxyl groups is 1. The first-order valence-electron chi connectivity index (χ1n) is 12.7. The first-order chi connectivity index (χ1) is 18.2. The van der Waals surface area contributed by atoms with E-state index in [1.54, 1.807) is 24.3 Å². The number of benzene rings is 2. The number of halogens is 1. The molecule has 8 nitrogen and oxygen atoms in total. The first kappa shape index (κ1) is 26.3. The highest BCUT2D eigenvalue weighted by atomic mass is 32.2. The summed E-state index contributed by atoms with van der Waals surface area (Å²) in [5.41, 5.74) is 6.08. The van der Waals surface area contributed by atoms with E-state index in [9.17, 15) is 22.7 Å². The number of carbonyl (C=O) groups is 1. The molecule has 2 N–H and O–H groups in total. The van der Waals surface area contributed by atoms with E-state index in [1.807, 2.05) is 10.9 Å². The zero-order valence-electron chi connectivity index (χ0n) is 21.4. The highest BCUT2D eigenvalue weighted by Gasteiger charge is 2.38. The molecular weight excluding hydrogens is 507 g/mol. The Morgan fingerprint density at radius 1 is 1.18 bits per heavy atom. The number of hydrogen-bond acceptors (Lipinski definition) is 5. The number of nitrogens with zero attached hydrogens (tertiary/aromatic N) is 3. The molecule has 5 rings (SSSR count). The molecule has 0 saturated carbocycles. The summed E-state index contributed by atoms with van der Waals surface area (Å²) >= 11 is 0. The molecule has 200 valence electrons. The number of rotatable bonds is 8. The van der Waals surface area contributed by atoms with E-state index in [4.69, 9.17) is 0 Å². The van der Waals surface area contributed by atoms with Crippen LogP contribution in [0.3, 0.4) is 0 Å². The molecule has 38 heavy (non-hydrogen) atoms. The average Bonchev–Trinajstić information content (AvgIpc) is 3.49. The quantitative estimate of drug-likeness (QED) is 0.422. The molecule has 0 aliphatic heterocycles. The molecule has 1 heterocycles. The van der Waals surface area contributed by atoms with Crippen molar-refractivity contribution >= 4 is 21.6 Å². The Labute approximate surface area is 221 Å². The van der Waals surface area contributed by atoms with Crippen molar-refractivity contribution in [3.05, 3.63) is 82.9 Å². The smallest absolute Gasteiger partial charge is 0.243 e. The van der Waals surface area contributed by atoms with E-state index in [0.717, 1.165) is 36.2 Å². The van der Waals surface area contributed by atoms with Crippen LogP contribution in [0.4, 0.5) is 10.1 Å². The first-order valence-corrected chi connectivity index (χ1v) is 14.2. The molecule has 0 saturated heterocycles. The summed E-state index contributed by atoms with van der Waals surface area (Å²) in [6, 6.07) is 12.4. The fourth-order valence-corrected chi connectivity index (χ4v) is 7.28. The van der Waals surface area contributed by atoms with Crippen LogP contribution in [0.25, 0.3) is 5.69 Å². The normalized spacial score (nSPS) is 19.0. The third-order valence-electron chi connectivity index (χ3n) is 7.51. The van der Waals surface area contributed by atoms with E-state index in [-0.39, 0.29) is 48.2 Å². The minimum atomic E-state index is -3.86. The van der Waals surface area contributed by atoms with Gasteiger partial charge in [-0.25, -0.2) is 17.5 Å². The second-order valence-electron chi connectivity index (χ2n) is 9.92. The summed E-state index contributed by atoms with van der Waals surface area (Å²) in [5, 5.41) is 16.9. The molecule has 2 atom stereocenters. The summed E-state index contributed by atoms with van der Waals surface area (Å²) in [5.74, 6) is -0.424. The fraction of sp³-hybridized carbons (Fsp3) is 0.357. The lowest BCUT2D eigenvalue weighted by Crippen LogP contribution is -2.38. The minimum Gasteiger partial charge on any atom is -0.395 e. The van der Waals surface area contributed by atoms with E-state index in [0.29, 0.717) is 5.69 Å². The lowest BCUT2D eigenvalue weighted by molar-refractivity contribution is -0.114. The third kappa shape index (κ3) is 4.91. The van der Waals surface area contributed by atoms with Crippen LogP contribution in [0.5, 0.6) is 0 Å². The van der Waals surface area contributed by atoms with Crippen molar-refractivity contribution in [3.8, 4) is 5.69 Å². The van der Waals surface area contributed by atoms with Crippen molar-refractivity contribution in [1.29, 1.82) is 0 Å². The summed E-state index contributed by atoms with van der Waals surface area (Å²) in [4.78, 5) is 11.4. The van der Waals surface area contributed by atoms with Gasteiger partial charge in [0.2, 0.25) is 15.9 Å².